The summed E-state index contributed by atoms with van der Waals surface area (Å²) >= 11 is 0. The van der Waals surface area contributed by atoms with Crippen LogP contribution in [0.25, 0.3) is 0 Å². The predicted octanol–water partition coefficient (Wildman–Crippen LogP) is 3.29. The standard InChI is InChI=1S/C16H21N3/c1-13-8-5-6-9-14(13)12-16-18-17-15-10-4-2-3-7-11-19(15)16/h5-6,8-9H,2-4,7,10-12H2,1H3. The van der Waals surface area contributed by atoms with Crippen molar-refractivity contribution in [3.8, 4) is 0 Å². The smallest absolute Gasteiger partial charge is 0.137 e. The van der Waals surface area contributed by atoms with Gasteiger partial charge in [-0.2, -0.15) is 0 Å². The lowest BCUT2D eigenvalue weighted by Crippen LogP contribution is -2.11. The summed E-state index contributed by atoms with van der Waals surface area (Å²) in [4.78, 5) is 0. The lowest BCUT2D eigenvalue weighted by Gasteiger charge is -2.13. The number of hydrogen-bond donors (Lipinski definition) is 0. The van der Waals surface area contributed by atoms with Gasteiger partial charge in [0.25, 0.3) is 0 Å². The van der Waals surface area contributed by atoms with Gasteiger partial charge in [-0.1, -0.05) is 37.1 Å². The molecule has 3 heteroatoms. The van der Waals surface area contributed by atoms with Crippen LogP contribution in [0.5, 0.6) is 0 Å². The van der Waals surface area contributed by atoms with Gasteiger partial charge in [-0.25, -0.2) is 0 Å². The molecule has 3 nitrogen and oxygen atoms in total. The Kier molecular flexibility index (Phi) is 3.62. The van der Waals surface area contributed by atoms with Crippen LogP contribution >= 0.6 is 0 Å². The monoisotopic (exact) mass is 255 g/mol. The highest BCUT2D eigenvalue weighted by molar-refractivity contribution is 5.28. The Morgan fingerprint density at radius 2 is 1.89 bits per heavy atom. The van der Waals surface area contributed by atoms with E-state index in [0.717, 1.165) is 25.2 Å². The number of aryl methyl sites for hydroxylation is 2. The van der Waals surface area contributed by atoms with Gasteiger partial charge >= 0.3 is 0 Å². The minimum Gasteiger partial charge on any atom is -0.315 e. The van der Waals surface area contributed by atoms with Gasteiger partial charge in [0.1, 0.15) is 11.6 Å². The molecule has 19 heavy (non-hydrogen) atoms. The summed E-state index contributed by atoms with van der Waals surface area (Å²) in [6.45, 7) is 3.25. The molecular weight excluding hydrogens is 234 g/mol. The highest BCUT2D eigenvalue weighted by Gasteiger charge is 2.14. The molecule has 0 saturated heterocycles. The molecule has 1 aliphatic heterocycles. The van der Waals surface area contributed by atoms with Gasteiger partial charge < -0.3 is 4.57 Å². The summed E-state index contributed by atoms with van der Waals surface area (Å²) in [5.41, 5.74) is 2.70. The first-order valence-electron chi connectivity index (χ1n) is 7.30. The number of rotatable bonds is 2. The van der Waals surface area contributed by atoms with Crippen molar-refractivity contribution in [2.75, 3.05) is 0 Å². The van der Waals surface area contributed by atoms with Crippen molar-refractivity contribution in [3.63, 3.8) is 0 Å². The van der Waals surface area contributed by atoms with Crippen LogP contribution < -0.4 is 0 Å². The van der Waals surface area contributed by atoms with E-state index in [1.54, 1.807) is 0 Å². The first kappa shape index (κ1) is 12.4. The largest absolute Gasteiger partial charge is 0.315 e. The Balaban J connectivity index is 1.87. The molecular formula is C16H21N3. The van der Waals surface area contributed by atoms with Crippen LogP contribution in [0, 0.1) is 6.92 Å². The third-order valence-corrected chi connectivity index (χ3v) is 4.05. The van der Waals surface area contributed by atoms with E-state index in [9.17, 15) is 0 Å². The number of nitrogens with zero attached hydrogens (tertiary/aromatic N) is 3. The predicted molar refractivity (Wildman–Crippen MR) is 76.2 cm³/mol. The Hall–Kier alpha value is -1.64. The zero-order valence-electron chi connectivity index (χ0n) is 11.6. The van der Waals surface area contributed by atoms with E-state index in [1.165, 1.54) is 42.6 Å². The number of aromatic nitrogens is 3. The summed E-state index contributed by atoms with van der Waals surface area (Å²) in [6.07, 6.45) is 7.16. The van der Waals surface area contributed by atoms with Crippen LogP contribution in [0.4, 0.5) is 0 Å². The normalized spacial score (nSPS) is 15.6. The summed E-state index contributed by atoms with van der Waals surface area (Å²) in [6, 6.07) is 8.56. The molecule has 100 valence electrons. The minimum atomic E-state index is 0.902. The molecule has 0 N–H and O–H groups in total. The molecule has 0 radical (unpaired) electrons. The Morgan fingerprint density at radius 1 is 1.05 bits per heavy atom. The summed E-state index contributed by atoms with van der Waals surface area (Å²) in [7, 11) is 0. The van der Waals surface area contributed by atoms with Crippen LogP contribution in [-0.2, 0) is 19.4 Å². The van der Waals surface area contributed by atoms with Gasteiger partial charge in [0.15, 0.2) is 0 Å². The SMILES string of the molecule is Cc1ccccc1Cc1nnc2n1CCCCCC2. The summed E-state index contributed by atoms with van der Waals surface area (Å²) < 4.78 is 2.35. The second-order valence-corrected chi connectivity index (χ2v) is 5.45. The topological polar surface area (TPSA) is 30.7 Å². The zero-order valence-corrected chi connectivity index (χ0v) is 11.6. The van der Waals surface area contributed by atoms with E-state index in [2.05, 4.69) is 46.0 Å². The molecule has 0 aliphatic carbocycles. The summed E-state index contributed by atoms with van der Waals surface area (Å²) in [5.74, 6) is 2.31. The molecule has 0 fully saturated rings. The van der Waals surface area contributed by atoms with Crippen LogP contribution in [0.15, 0.2) is 24.3 Å². The highest BCUT2D eigenvalue weighted by atomic mass is 15.3. The third kappa shape index (κ3) is 2.70. The molecule has 0 amide bonds. The van der Waals surface area contributed by atoms with Crippen molar-refractivity contribution in [1.82, 2.24) is 14.8 Å². The fourth-order valence-corrected chi connectivity index (χ4v) is 2.83. The average molecular weight is 255 g/mol. The Morgan fingerprint density at radius 3 is 2.79 bits per heavy atom. The van der Waals surface area contributed by atoms with Crippen molar-refractivity contribution < 1.29 is 0 Å². The molecule has 1 aromatic heterocycles. The van der Waals surface area contributed by atoms with Crippen molar-refractivity contribution >= 4 is 0 Å². The van der Waals surface area contributed by atoms with E-state index in [1.807, 2.05) is 0 Å². The van der Waals surface area contributed by atoms with Gasteiger partial charge in [-0.3, -0.25) is 0 Å². The van der Waals surface area contributed by atoms with E-state index in [0.29, 0.717) is 0 Å². The van der Waals surface area contributed by atoms with Gasteiger partial charge in [0, 0.05) is 19.4 Å². The van der Waals surface area contributed by atoms with Crippen LogP contribution in [-0.4, -0.2) is 14.8 Å². The van der Waals surface area contributed by atoms with E-state index in [4.69, 9.17) is 0 Å². The summed E-state index contributed by atoms with van der Waals surface area (Å²) in [5, 5.41) is 8.83. The maximum absolute atomic E-state index is 4.43. The Labute approximate surface area is 114 Å². The Bertz CT molecular complexity index is 557. The van der Waals surface area contributed by atoms with Crippen molar-refractivity contribution in [2.45, 2.75) is 52.0 Å². The van der Waals surface area contributed by atoms with Gasteiger partial charge in [0.05, 0.1) is 0 Å². The quantitative estimate of drug-likeness (QED) is 0.824. The highest BCUT2D eigenvalue weighted by Crippen LogP contribution is 2.18. The van der Waals surface area contributed by atoms with E-state index in [-0.39, 0.29) is 0 Å². The molecule has 3 rings (SSSR count). The number of fused-ring (bicyclic) bond motifs is 1. The van der Waals surface area contributed by atoms with Crippen LogP contribution in [0.2, 0.25) is 0 Å². The first-order valence-corrected chi connectivity index (χ1v) is 7.30. The van der Waals surface area contributed by atoms with Crippen LogP contribution in [0.1, 0.15) is 48.5 Å². The maximum atomic E-state index is 4.43. The molecule has 0 atom stereocenters. The molecule has 0 bridgehead atoms. The zero-order chi connectivity index (χ0) is 13.1. The van der Waals surface area contributed by atoms with Gasteiger partial charge in [-0.15, -0.1) is 10.2 Å². The van der Waals surface area contributed by atoms with Gasteiger partial charge in [0.2, 0.25) is 0 Å². The molecule has 2 aromatic rings. The van der Waals surface area contributed by atoms with Crippen molar-refractivity contribution in [3.05, 3.63) is 47.0 Å². The van der Waals surface area contributed by atoms with Crippen molar-refractivity contribution in [2.24, 2.45) is 0 Å². The lowest BCUT2D eigenvalue weighted by molar-refractivity contribution is 0.507. The molecule has 0 unspecified atom stereocenters. The molecule has 1 aliphatic rings. The molecule has 2 heterocycles. The number of benzene rings is 1. The van der Waals surface area contributed by atoms with Crippen LogP contribution in [0.3, 0.4) is 0 Å². The fourth-order valence-electron chi connectivity index (χ4n) is 2.83. The van der Waals surface area contributed by atoms with Crippen molar-refractivity contribution in [1.29, 1.82) is 0 Å². The van der Waals surface area contributed by atoms with E-state index >= 15 is 0 Å². The molecule has 1 aromatic carbocycles. The average Bonchev–Trinajstić information content (AvgIpc) is 2.73. The molecule has 0 saturated carbocycles. The second kappa shape index (κ2) is 5.55. The third-order valence-electron chi connectivity index (χ3n) is 4.05. The van der Waals surface area contributed by atoms with E-state index < -0.39 is 0 Å². The van der Waals surface area contributed by atoms with Gasteiger partial charge in [-0.05, 0) is 30.9 Å². The number of hydrogen-bond acceptors (Lipinski definition) is 2. The second-order valence-electron chi connectivity index (χ2n) is 5.45. The lowest BCUT2D eigenvalue weighted by atomic mass is 10.1. The fraction of sp³-hybridized carbons (Fsp3) is 0.500. The molecule has 0 spiro atoms. The maximum Gasteiger partial charge on any atom is 0.137 e. The minimum absolute atomic E-state index is 0.902. The first-order chi connectivity index (χ1) is 9.34.